The van der Waals surface area contributed by atoms with Crippen molar-refractivity contribution in [2.24, 2.45) is 0 Å². The van der Waals surface area contributed by atoms with E-state index in [1.807, 2.05) is 0 Å². The average Bonchev–Trinajstić information content (AvgIpc) is 2.59. The molecule has 1 saturated carbocycles. The summed E-state index contributed by atoms with van der Waals surface area (Å²) in [7, 11) is 0. The third kappa shape index (κ3) is 3.63. The Kier molecular flexibility index (Phi) is 5.55. The van der Waals surface area contributed by atoms with Crippen molar-refractivity contribution < 1.29 is 9.53 Å². The summed E-state index contributed by atoms with van der Waals surface area (Å²) < 4.78 is 5.73. The highest BCUT2D eigenvalue weighted by Gasteiger charge is 2.31. The van der Waals surface area contributed by atoms with Gasteiger partial charge in [-0.3, -0.25) is 4.79 Å². The quantitative estimate of drug-likeness (QED) is 0.652. The number of hydrogen-bond acceptors (Lipinski definition) is 2. The molecule has 2 aromatic rings. The summed E-state index contributed by atoms with van der Waals surface area (Å²) in [6, 6.07) is 13.2. The smallest absolute Gasteiger partial charge is 0.302 e. The number of ether oxygens (including phenoxy) is 1. The number of unbranched alkanes of at least 4 members (excludes halogenated alkanes) is 1. The Morgan fingerprint density at radius 2 is 1.92 bits per heavy atom. The monoisotopic (exact) mass is 324 g/mol. The molecular formula is C22H28O2. The lowest BCUT2D eigenvalue weighted by molar-refractivity contribution is -0.148. The zero-order valence-corrected chi connectivity index (χ0v) is 14.9. The first-order valence-electron chi connectivity index (χ1n) is 9.38. The molecule has 2 nitrogen and oxygen atoms in total. The molecular weight excluding hydrogens is 296 g/mol. The predicted octanol–water partition coefficient (Wildman–Crippen LogP) is 5.77. The van der Waals surface area contributed by atoms with Crippen LogP contribution in [0.3, 0.4) is 0 Å². The summed E-state index contributed by atoms with van der Waals surface area (Å²) in [5, 5.41) is 2.63. The van der Waals surface area contributed by atoms with Gasteiger partial charge in [0, 0.05) is 12.8 Å². The Bertz CT molecular complexity index is 704. The van der Waals surface area contributed by atoms with Gasteiger partial charge in [0.1, 0.15) is 6.10 Å². The average molecular weight is 324 g/mol. The number of carbonyl (C=O) groups is 1. The normalized spacial score (nSPS) is 20.9. The highest BCUT2D eigenvalue weighted by Crippen LogP contribution is 2.40. The van der Waals surface area contributed by atoms with Gasteiger partial charge in [0.2, 0.25) is 0 Å². The number of fused-ring (bicyclic) bond motifs is 1. The van der Waals surface area contributed by atoms with Crippen LogP contribution in [0.5, 0.6) is 0 Å². The minimum Gasteiger partial charge on any atom is -0.462 e. The van der Waals surface area contributed by atoms with Gasteiger partial charge in [-0.25, -0.2) is 0 Å². The van der Waals surface area contributed by atoms with Gasteiger partial charge >= 0.3 is 5.97 Å². The third-order valence-corrected chi connectivity index (χ3v) is 5.25. The van der Waals surface area contributed by atoms with Gasteiger partial charge in [-0.2, -0.15) is 0 Å². The number of benzene rings is 2. The van der Waals surface area contributed by atoms with E-state index in [2.05, 4.69) is 43.3 Å². The molecule has 0 saturated heterocycles. The Labute approximate surface area is 145 Å². The maximum Gasteiger partial charge on any atom is 0.302 e. The second-order valence-electron chi connectivity index (χ2n) is 7.00. The summed E-state index contributed by atoms with van der Waals surface area (Å²) >= 11 is 0. The molecule has 0 radical (unpaired) electrons. The molecule has 1 aliphatic carbocycles. The van der Waals surface area contributed by atoms with E-state index in [0.29, 0.717) is 5.92 Å². The fraction of sp³-hybridized carbons (Fsp3) is 0.500. The van der Waals surface area contributed by atoms with Crippen molar-refractivity contribution in [1.29, 1.82) is 0 Å². The van der Waals surface area contributed by atoms with E-state index >= 15 is 0 Å². The van der Waals surface area contributed by atoms with Crippen molar-refractivity contribution in [3.05, 3.63) is 47.5 Å². The van der Waals surface area contributed by atoms with Gasteiger partial charge in [-0.05, 0) is 54.0 Å². The lowest BCUT2D eigenvalue weighted by atomic mass is 9.77. The lowest BCUT2D eigenvalue weighted by Gasteiger charge is -2.33. The van der Waals surface area contributed by atoms with E-state index in [4.69, 9.17) is 4.74 Å². The Morgan fingerprint density at radius 3 is 2.71 bits per heavy atom. The highest BCUT2D eigenvalue weighted by atomic mass is 16.5. The van der Waals surface area contributed by atoms with Crippen LogP contribution in [0.1, 0.15) is 69.4 Å². The standard InChI is InChI=1S/C22H28O2/c1-3-4-9-18-15-14-17-10-5-6-11-19(17)22(18)20-12-7-8-13-21(20)24-16(2)23/h5-6,10-11,14-15,20-21H,3-4,7-9,12-13H2,1-2H3/t20-,21+/m1/s1. The fourth-order valence-electron chi connectivity index (χ4n) is 4.15. The van der Waals surface area contributed by atoms with Gasteiger partial charge in [-0.15, -0.1) is 0 Å². The van der Waals surface area contributed by atoms with Crippen molar-refractivity contribution >= 4 is 16.7 Å². The van der Waals surface area contributed by atoms with E-state index < -0.39 is 0 Å². The SMILES string of the molecule is CCCCc1ccc2ccccc2c1[C@@H]1CCCC[C@@H]1OC(C)=O. The molecule has 0 bridgehead atoms. The molecule has 24 heavy (non-hydrogen) atoms. The van der Waals surface area contributed by atoms with Gasteiger partial charge < -0.3 is 4.74 Å². The van der Waals surface area contributed by atoms with Crippen LogP contribution in [0.25, 0.3) is 10.8 Å². The summed E-state index contributed by atoms with van der Waals surface area (Å²) in [4.78, 5) is 11.6. The van der Waals surface area contributed by atoms with Crippen molar-refractivity contribution in [2.45, 2.75) is 70.8 Å². The minimum atomic E-state index is -0.151. The fourth-order valence-corrected chi connectivity index (χ4v) is 4.15. The number of esters is 1. The number of rotatable bonds is 5. The summed E-state index contributed by atoms with van der Waals surface area (Å²) in [6.45, 7) is 3.77. The maximum atomic E-state index is 11.6. The summed E-state index contributed by atoms with van der Waals surface area (Å²) in [5.74, 6) is 0.183. The lowest BCUT2D eigenvalue weighted by Crippen LogP contribution is -2.28. The summed E-state index contributed by atoms with van der Waals surface area (Å²) in [5.41, 5.74) is 2.88. The van der Waals surface area contributed by atoms with Crippen LogP contribution in [0.15, 0.2) is 36.4 Å². The van der Waals surface area contributed by atoms with Gasteiger partial charge in [0.05, 0.1) is 0 Å². The molecule has 0 spiro atoms. The van der Waals surface area contributed by atoms with Gasteiger partial charge in [0.15, 0.2) is 0 Å². The summed E-state index contributed by atoms with van der Waals surface area (Å²) in [6.07, 6.45) is 8.02. The third-order valence-electron chi connectivity index (χ3n) is 5.25. The van der Waals surface area contributed by atoms with E-state index in [0.717, 1.165) is 25.7 Å². The van der Waals surface area contributed by atoms with Crippen LogP contribution in [0.4, 0.5) is 0 Å². The van der Waals surface area contributed by atoms with Crippen molar-refractivity contribution in [3.8, 4) is 0 Å². The first-order chi connectivity index (χ1) is 11.7. The molecule has 2 aromatic carbocycles. The predicted molar refractivity (Wildman–Crippen MR) is 99.3 cm³/mol. The molecule has 0 unspecified atom stereocenters. The molecule has 128 valence electrons. The molecule has 0 amide bonds. The van der Waals surface area contributed by atoms with Crippen LogP contribution in [0.2, 0.25) is 0 Å². The largest absolute Gasteiger partial charge is 0.462 e. The molecule has 2 atom stereocenters. The minimum absolute atomic E-state index is 0.0300. The van der Waals surface area contributed by atoms with Crippen LogP contribution >= 0.6 is 0 Å². The molecule has 0 heterocycles. The van der Waals surface area contributed by atoms with Crippen molar-refractivity contribution in [2.75, 3.05) is 0 Å². The number of hydrogen-bond donors (Lipinski definition) is 0. The number of carbonyl (C=O) groups excluding carboxylic acids is 1. The van der Waals surface area contributed by atoms with Crippen molar-refractivity contribution in [1.82, 2.24) is 0 Å². The van der Waals surface area contributed by atoms with E-state index in [9.17, 15) is 4.79 Å². The van der Waals surface area contributed by atoms with E-state index in [1.165, 1.54) is 48.1 Å². The Balaban J connectivity index is 2.07. The zero-order valence-electron chi connectivity index (χ0n) is 14.9. The molecule has 2 heteroatoms. The number of aryl methyl sites for hydroxylation is 1. The Hall–Kier alpha value is -1.83. The first-order valence-corrected chi connectivity index (χ1v) is 9.38. The molecule has 1 aliphatic rings. The molecule has 0 N–H and O–H groups in total. The zero-order chi connectivity index (χ0) is 16.9. The maximum absolute atomic E-state index is 11.6. The van der Waals surface area contributed by atoms with Crippen LogP contribution < -0.4 is 0 Å². The molecule has 1 fully saturated rings. The molecule has 0 aromatic heterocycles. The van der Waals surface area contributed by atoms with E-state index in [1.54, 1.807) is 0 Å². The van der Waals surface area contributed by atoms with Gasteiger partial charge in [0.25, 0.3) is 0 Å². The van der Waals surface area contributed by atoms with Crippen molar-refractivity contribution in [3.63, 3.8) is 0 Å². The van der Waals surface area contributed by atoms with Gasteiger partial charge in [-0.1, -0.05) is 56.2 Å². The highest BCUT2D eigenvalue weighted by molar-refractivity contribution is 5.87. The Morgan fingerprint density at radius 1 is 1.12 bits per heavy atom. The molecule has 3 rings (SSSR count). The molecule has 0 aliphatic heterocycles. The van der Waals surface area contributed by atoms with Crippen LogP contribution in [-0.2, 0) is 16.0 Å². The van der Waals surface area contributed by atoms with Crippen LogP contribution in [0, 0.1) is 0 Å². The topological polar surface area (TPSA) is 26.3 Å². The van der Waals surface area contributed by atoms with E-state index in [-0.39, 0.29) is 12.1 Å². The van der Waals surface area contributed by atoms with Crippen LogP contribution in [-0.4, -0.2) is 12.1 Å². The second kappa shape index (κ2) is 7.83. The second-order valence-corrected chi connectivity index (χ2v) is 7.00. The first kappa shape index (κ1) is 17.0.